The van der Waals surface area contributed by atoms with Crippen LogP contribution in [0.4, 0.5) is 0 Å². The van der Waals surface area contributed by atoms with Crippen molar-refractivity contribution in [1.82, 2.24) is 0 Å². The van der Waals surface area contributed by atoms with Crippen LogP contribution in [0.2, 0.25) is 0 Å². The van der Waals surface area contributed by atoms with Gasteiger partial charge in [-0.1, -0.05) is 178 Å². The fourth-order valence-electron chi connectivity index (χ4n) is 6.82. The third-order valence-electron chi connectivity index (χ3n) is 10.8. The summed E-state index contributed by atoms with van der Waals surface area (Å²) in [5, 5.41) is 0. The summed E-state index contributed by atoms with van der Waals surface area (Å²) in [6.45, 7) is 4.16. The molecule has 0 amide bonds. The van der Waals surface area contributed by atoms with E-state index in [2.05, 4.69) is 62.5 Å². The van der Waals surface area contributed by atoms with Gasteiger partial charge in [0.05, 0.1) is 27.7 Å². The Hall–Kier alpha value is -2.03. The van der Waals surface area contributed by atoms with Crippen LogP contribution < -0.4 is 4.89 Å². The molecule has 0 N–H and O–H groups in total. The van der Waals surface area contributed by atoms with Crippen molar-refractivity contribution in [1.29, 1.82) is 0 Å². The van der Waals surface area contributed by atoms with Crippen LogP contribution in [0.25, 0.3) is 0 Å². The maximum absolute atomic E-state index is 12.7. The van der Waals surface area contributed by atoms with Crippen molar-refractivity contribution in [3.63, 3.8) is 0 Å². The normalized spacial score (nSPS) is 13.8. The van der Waals surface area contributed by atoms with Crippen molar-refractivity contribution in [2.75, 3.05) is 47.5 Å². The van der Waals surface area contributed by atoms with Crippen LogP contribution in [-0.4, -0.2) is 70.0 Å². The van der Waals surface area contributed by atoms with Crippen molar-refractivity contribution in [2.24, 2.45) is 0 Å². The molecule has 362 valence electrons. The largest absolute Gasteiger partial charge is 0.756 e. The van der Waals surface area contributed by atoms with Crippen molar-refractivity contribution in [3.8, 4) is 0 Å². The first-order valence-electron chi connectivity index (χ1n) is 25.3. The molecule has 9 nitrogen and oxygen atoms in total. The van der Waals surface area contributed by atoms with Gasteiger partial charge in [0, 0.05) is 12.8 Å². The van der Waals surface area contributed by atoms with E-state index in [0.29, 0.717) is 23.9 Å². The number of esters is 2. The van der Waals surface area contributed by atoms with Gasteiger partial charge in [-0.15, -0.1) is 0 Å². The van der Waals surface area contributed by atoms with E-state index in [9.17, 15) is 19.0 Å². The van der Waals surface area contributed by atoms with Crippen LogP contribution >= 0.6 is 7.82 Å². The molecule has 0 aliphatic rings. The molecule has 0 bridgehead atoms. The Morgan fingerprint density at radius 1 is 0.500 bits per heavy atom. The van der Waals surface area contributed by atoms with E-state index in [0.717, 1.165) is 64.2 Å². The number of ether oxygens (including phenoxy) is 2. The first-order valence-corrected chi connectivity index (χ1v) is 26.8. The topological polar surface area (TPSA) is 111 Å². The van der Waals surface area contributed by atoms with Crippen LogP contribution in [0.15, 0.2) is 48.6 Å². The van der Waals surface area contributed by atoms with E-state index >= 15 is 0 Å². The van der Waals surface area contributed by atoms with Gasteiger partial charge in [-0.25, -0.2) is 0 Å². The molecule has 0 aliphatic carbocycles. The summed E-state index contributed by atoms with van der Waals surface area (Å²) >= 11 is 0. The van der Waals surface area contributed by atoms with E-state index < -0.39 is 32.5 Å². The summed E-state index contributed by atoms with van der Waals surface area (Å²) in [5.74, 6) is -0.897. The summed E-state index contributed by atoms with van der Waals surface area (Å²) in [6.07, 6.45) is 53.0. The van der Waals surface area contributed by atoms with Crippen LogP contribution in [-0.2, 0) is 32.7 Å². The number of phosphoric acid groups is 1. The molecule has 0 heterocycles. The lowest BCUT2D eigenvalue weighted by Gasteiger charge is -2.28. The maximum Gasteiger partial charge on any atom is 0.306 e. The summed E-state index contributed by atoms with van der Waals surface area (Å²) in [5.41, 5.74) is 0. The van der Waals surface area contributed by atoms with Gasteiger partial charge in [-0.3, -0.25) is 14.2 Å². The fourth-order valence-corrected chi connectivity index (χ4v) is 7.55. The smallest absolute Gasteiger partial charge is 0.306 e. The summed E-state index contributed by atoms with van der Waals surface area (Å²) in [4.78, 5) is 37.6. The molecule has 0 saturated heterocycles. The fraction of sp³-hybridized carbons (Fsp3) is 0.808. The maximum atomic E-state index is 12.7. The third kappa shape index (κ3) is 47.4. The van der Waals surface area contributed by atoms with Crippen LogP contribution in [0.5, 0.6) is 0 Å². The van der Waals surface area contributed by atoms with E-state index in [4.69, 9.17) is 18.5 Å². The Morgan fingerprint density at radius 2 is 0.903 bits per heavy atom. The first-order chi connectivity index (χ1) is 30.0. The van der Waals surface area contributed by atoms with Gasteiger partial charge in [-0.2, -0.15) is 0 Å². The molecule has 0 aromatic heterocycles. The number of hydrogen-bond acceptors (Lipinski definition) is 8. The molecule has 0 rings (SSSR count). The highest BCUT2D eigenvalue weighted by molar-refractivity contribution is 7.45. The molecule has 2 atom stereocenters. The standard InChI is InChI=1S/C52H96NO8P/c1-6-8-10-12-14-16-18-20-22-23-24-25-26-27-28-29-31-33-35-37-39-41-43-45-52(55)61-50(49-60-62(56,57)59-47-46-53(3,4)5)48-58-51(54)44-42-40-38-36-34-32-30-21-19-17-15-13-11-9-7-2/h15,17,21,29-31,37,39,50H,6-14,16,18-20,22-28,32-36,38,40-49H2,1-5H3/b17-15+,30-21+,31-29+,39-37+/t50-/m1/s1. The molecule has 1 unspecified atom stereocenters. The van der Waals surface area contributed by atoms with E-state index in [1.54, 1.807) is 0 Å². The van der Waals surface area contributed by atoms with Gasteiger partial charge in [0.25, 0.3) is 7.82 Å². The average molecular weight is 894 g/mol. The van der Waals surface area contributed by atoms with E-state index in [-0.39, 0.29) is 26.1 Å². The molecule has 0 aromatic carbocycles. The van der Waals surface area contributed by atoms with Crippen LogP contribution in [0, 0.1) is 0 Å². The lowest BCUT2D eigenvalue weighted by molar-refractivity contribution is -0.870. The number of quaternary nitrogens is 1. The summed E-state index contributed by atoms with van der Waals surface area (Å²) in [7, 11) is 1.13. The molecular formula is C52H96NO8P. The minimum atomic E-state index is -4.64. The molecule has 0 saturated carbocycles. The van der Waals surface area contributed by atoms with Crippen LogP contribution in [0.1, 0.15) is 219 Å². The predicted molar refractivity (Wildman–Crippen MR) is 259 cm³/mol. The highest BCUT2D eigenvalue weighted by Gasteiger charge is 2.21. The Morgan fingerprint density at radius 3 is 1.42 bits per heavy atom. The lowest BCUT2D eigenvalue weighted by Crippen LogP contribution is -2.37. The van der Waals surface area contributed by atoms with Crippen molar-refractivity contribution >= 4 is 19.8 Å². The predicted octanol–water partition coefficient (Wildman–Crippen LogP) is 14.4. The monoisotopic (exact) mass is 894 g/mol. The Bertz CT molecular complexity index is 1190. The molecular weight excluding hydrogens is 798 g/mol. The van der Waals surface area contributed by atoms with E-state index in [1.807, 2.05) is 21.1 Å². The minimum absolute atomic E-state index is 0.0411. The zero-order valence-electron chi connectivity index (χ0n) is 40.8. The summed E-state index contributed by atoms with van der Waals surface area (Å²) in [6, 6.07) is 0. The first kappa shape index (κ1) is 60.0. The van der Waals surface area contributed by atoms with Gasteiger partial charge < -0.3 is 27.9 Å². The van der Waals surface area contributed by atoms with Gasteiger partial charge >= 0.3 is 11.9 Å². The van der Waals surface area contributed by atoms with Crippen molar-refractivity contribution in [3.05, 3.63) is 48.6 Å². The Labute approximate surface area is 382 Å². The number of carbonyl (C=O) groups is 2. The number of carbonyl (C=O) groups excluding carboxylic acids is 2. The number of allylic oxidation sites excluding steroid dienone is 8. The number of hydrogen-bond donors (Lipinski definition) is 0. The molecule has 0 fully saturated rings. The number of unbranched alkanes of at least 4 members (excludes halogenated alkanes) is 24. The number of likely N-dealkylation sites (N-methyl/N-ethyl adjacent to an activating group) is 1. The molecule has 10 heteroatoms. The lowest BCUT2D eigenvalue weighted by atomic mass is 10.0. The molecule has 62 heavy (non-hydrogen) atoms. The molecule has 0 spiro atoms. The second-order valence-corrected chi connectivity index (χ2v) is 19.6. The number of phosphoric ester groups is 1. The average Bonchev–Trinajstić information content (AvgIpc) is 3.23. The molecule has 0 aromatic rings. The van der Waals surface area contributed by atoms with Crippen molar-refractivity contribution < 1.29 is 42.1 Å². The number of rotatable bonds is 46. The molecule has 0 aliphatic heterocycles. The Kier molecular flexibility index (Phi) is 42.7. The number of nitrogens with zero attached hydrogens (tertiary/aromatic N) is 1. The Balaban J connectivity index is 4.31. The zero-order valence-corrected chi connectivity index (χ0v) is 41.7. The second-order valence-electron chi connectivity index (χ2n) is 18.2. The summed E-state index contributed by atoms with van der Waals surface area (Å²) < 4.78 is 33.9. The van der Waals surface area contributed by atoms with Gasteiger partial charge in [0.2, 0.25) is 0 Å². The highest BCUT2D eigenvalue weighted by atomic mass is 31.2. The van der Waals surface area contributed by atoms with Gasteiger partial charge in [0.1, 0.15) is 19.8 Å². The highest BCUT2D eigenvalue weighted by Crippen LogP contribution is 2.38. The zero-order chi connectivity index (χ0) is 45.7. The SMILES string of the molecule is CCCCC/C=C/C/C=C/CCCCCCCC(=O)OC[C@H](COP(=O)([O-])OCC[N+](C)(C)C)OC(=O)CCC/C=C/CC/C=C/CCCCCCCCCCCCCCCC. The van der Waals surface area contributed by atoms with Gasteiger partial charge in [0.15, 0.2) is 6.10 Å². The minimum Gasteiger partial charge on any atom is -0.756 e. The van der Waals surface area contributed by atoms with Crippen molar-refractivity contribution in [2.45, 2.75) is 225 Å². The second kappa shape index (κ2) is 44.2. The van der Waals surface area contributed by atoms with Gasteiger partial charge in [-0.05, 0) is 77.0 Å². The van der Waals surface area contributed by atoms with E-state index in [1.165, 1.54) is 116 Å². The quantitative estimate of drug-likeness (QED) is 0.0195. The molecule has 0 radical (unpaired) electrons. The van der Waals surface area contributed by atoms with Crippen LogP contribution in [0.3, 0.4) is 0 Å². The third-order valence-corrected chi connectivity index (χ3v) is 11.8.